The van der Waals surface area contributed by atoms with Crippen LogP contribution in [0.3, 0.4) is 0 Å². The van der Waals surface area contributed by atoms with E-state index in [9.17, 15) is 10.1 Å². The molecule has 0 N–H and O–H groups in total. The summed E-state index contributed by atoms with van der Waals surface area (Å²) in [6.07, 6.45) is 0.862. The third-order valence-electron chi connectivity index (χ3n) is 3.57. The van der Waals surface area contributed by atoms with Gasteiger partial charge in [-0.15, -0.1) is 0 Å². The zero-order chi connectivity index (χ0) is 14.8. The molecule has 0 radical (unpaired) electrons. The minimum absolute atomic E-state index is 0.0925. The summed E-state index contributed by atoms with van der Waals surface area (Å²) >= 11 is 0. The number of anilines is 1. The van der Waals surface area contributed by atoms with E-state index in [-0.39, 0.29) is 11.7 Å². The highest BCUT2D eigenvalue weighted by Crippen LogP contribution is 2.35. The zero-order valence-corrected chi connectivity index (χ0v) is 11.6. The zero-order valence-electron chi connectivity index (χ0n) is 11.6. The first kappa shape index (κ1) is 13.3. The summed E-state index contributed by atoms with van der Waals surface area (Å²) in [4.78, 5) is 10.3. The molecule has 1 aliphatic heterocycles. The molecule has 0 amide bonds. The molecule has 0 aliphatic carbocycles. The number of hydrogen-bond acceptors (Lipinski definition) is 4. The van der Waals surface area contributed by atoms with Crippen molar-refractivity contribution >= 4 is 17.1 Å². The number of nitrogens with zero attached hydrogens (tertiary/aromatic N) is 3. The van der Waals surface area contributed by atoms with Gasteiger partial charge in [-0.05, 0) is 24.6 Å². The summed E-state index contributed by atoms with van der Waals surface area (Å²) in [6, 6.07) is 16.8. The van der Waals surface area contributed by atoms with Crippen molar-refractivity contribution in [3.05, 3.63) is 70.3 Å². The Kier molecular flexibility index (Phi) is 3.39. The SMILES string of the molecule is CC1=NN(c2ccc([N+](=O)[O-])cc2)[C@H](c2ccccc2)C1. The van der Waals surface area contributed by atoms with Crippen LogP contribution in [0.5, 0.6) is 0 Å². The molecule has 5 heteroatoms. The molecule has 1 atom stereocenters. The van der Waals surface area contributed by atoms with Gasteiger partial charge in [0.05, 0.1) is 16.7 Å². The first-order valence-electron chi connectivity index (χ1n) is 6.78. The molecule has 0 unspecified atom stereocenters. The van der Waals surface area contributed by atoms with E-state index in [1.807, 2.05) is 30.1 Å². The highest BCUT2D eigenvalue weighted by atomic mass is 16.6. The number of hydrogen-bond donors (Lipinski definition) is 0. The predicted octanol–water partition coefficient (Wildman–Crippen LogP) is 3.92. The van der Waals surface area contributed by atoms with E-state index in [0.29, 0.717) is 0 Å². The van der Waals surface area contributed by atoms with Gasteiger partial charge in [0.15, 0.2) is 0 Å². The average molecular weight is 281 g/mol. The van der Waals surface area contributed by atoms with Crippen LogP contribution in [0.15, 0.2) is 59.7 Å². The summed E-state index contributed by atoms with van der Waals surface area (Å²) in [5.74, 6) is 0. The van der Waals surface area contributed by atoms with Crippen molar-refractivity contribution in [3.63, 3.8) is 0 Å². The van der Waals surface area contributed by atoms with Gasteiger partial charge in [-0.25, -0.2) is 0 Å². The van der Waals surface area contributed by atoms with E-state index in [1.165, 1.54) is 17.7 Å². The van der Waals surface area contributed by atoms with Crippen molar-refractivity contribution in [1.82, 2.24) is 0 Å². The van der Waals surface area contributed by atoms with Crippen molar-refractivity contribution in [3.8, 4) is 0 Å². The molecule has 0 saturated heterocycles. The molecule has 0 fully saturated rings. The van der Waals surface area contributed by atoms with Crippen LogP contribution in [0.2, 0.25) is 0 Å². The Balaban J connectivity index is 1.93. The Morgan fingerprint density at radius 2 is 1.81 bits per heavy atom. The molecule has 5 nitrogen and oxygen atoms in total. The molecule has 0 aromatic heterocycles. The third-order valence-corrected chi connectivity index (χ3v) is 3.57. The van der Waals surface area contributed by atoms with Crippen LogP contribution < -0.4 is 5.01 Å². The molecule has 2 aromatic rings. The van der Waals surface area contributed by atoms with Gasteiger partial charge in [0.2, 0.25) is 0 Å². The van der Waals surface area contributed by atoms with Gasteiger partial charge in [0, 0.05) is 24.3 Å². The fourth-order valence-corrected chi connectivity index (χ4v) is 2.56. The molecule has 106 valence electrons. The lowest BCUT2D eigenvalue weighted by atomic mass is 10.0. The molecular weight excluding hydrogens is 266 g/mol. The molecule has 1 aliphatic rings. The number of nitro groups is 1. The second-order valence-corrected chi connectivity index (χ2v) is 5.08. The fraction of sp³-hybridized carbons (Fsp3) is 0.188. The summed E-state index contributed by atoms with van der Waals surface area (Å²) < 4.78 is 0. The van der Waals surface area contributed by atoms with Gasteiger partial charge < -0.3 is 0 Å². The monoisotopic (exact) mass is 281 g/mol. The van der Waals surface area contributed by atoms with Crippen molar-refractivity contribution in [2.75, 3.05) is 5.01 Å². The predicted molar refractivity (Wildman–Crippen MR) is 82.5 cm³/mol. The summed E-state index contributed by atoms with van der Waals surface area (Å²) in [7, 11) is 0. The smallest absolute Gasteiger partial charge is 0.258 e. The topological polar surface area (TPSA) is 58.7 Å². The highest BCUT2D eigenvalue weighted by Gasteiger charge is 2.27. The van der Waals surface area contributed by atoms with Crippen molar-refractivity contribution in [1.29, 1.82) is 0 Å². The van der Waals surface area contributed by atoms with Crippen molar-refractivity contribution in [2.45, 2.75) is 19.4 Å². The summed E-state index contributed by atoms with van der Waals surface area (Å²) in [6.45, 7) is 2.00. The molecule has 2 aromatic carbocycles. The van der Waals surface area contributed by atoms with E-state index in [2.05, 4.69) is 17.2 Å². The molecule has 3 rings (SSSR count). The first-order valence-corrected chi connectivity index (χ1v) is 6.78. The lowest BCUT2D eigenvalue weighted by molar-refractivity contribution is -0.384. The largest absolute Gasteiger partial charge is 0.269 e. The quantitative estimate of drug-likeness (QED) is 0.632. The number of nitro benzene ring substituents is 1. The average Bonchev–Trinajstić information content (AvgIpc) is 2.90. The lowest BCUT2D eigenvalue weighted by Crippen LogP contribution is -2.18. The van der Waals surface area contributed by atoms with Crippen LogP contribution in [0, 0.1) is 10.1 Å². The minimum atomic E-state index is -0.392. The standard InChI is InChI=1S/C16H15N3O2/c1-12-11-16(13-5-3-2-4-6-13)18(17-12)14-7-9-15(10-8-14)19(20)21/h2-10,16H,11H2,1H3/t16-/m0/s1. The second-order valence-electron chi connectivity index (χ2n) is 5.08. The van der Waals surface area contributed by atoms with Gasteiger partial charge in [-0.3, -0.25) is 15.1 Å². The van der Waals surface area contributed by atoms with Crippen molar-refractivity contribution < 1.29 is 4.92 Å². The van der Waals surface area contributed by atoms with E-state index in [4.69, 9.17) is 0 Å². The third kappa shape index (κ3) is 2.63. The Morgan fingerprint density at radius 3 is 2.43 bits per heavy atom. The van der Waals surface area contributed by atoms with Gasteiger partial charge in [-0.1, -0.05) is 30.3 Å². The molecule has 21 heavy (non-hydrogen) atoms. The summed E-state index contributed by atoms with van der Waals surface area (Å²) in [5.41, 5.74) is 3.21. The van der Waals surface area contributed by atoms with E-state index >= 15 is 0 Å². The summed E-state index contributed by atoms with van der Waals surface area (Å²) in [5, 5.41) is 17.2. The maximum atomic E-state index is 10.7. The number of benzene rings is 2. The Hall–Kier alpha value is -2.69. The fourth-order valence-electron chi connectivity index (χ4n) is 2.56. The van der Waals surface area contributed by atoms with Gasteiger partial charge >= 0.3 is 0 Å². The molecular formula is C16H15N3O2. The van der Waals surface area contributed by atoms with Crippen LogP contribution in [-0.4, -0.2) is 10.6 Å². The highest BCUT2D eigenvalue weighted by molar-refractivity contribution is 5.86. The van der Waals surface area contributed by atoms with Crippen molar-refractivity contribution in [2.24, 2.45) is 5.10 Å². The van der Waals surface area contributed by atoms with E-state index in [0.717, 1.165) is 17.8 Å². The Bertz CT molecular complexity index is 680. The van der Waals surface area contributed by atoms with Crippen LogP contribution in [0.4, 0.5) is 11.4 Å². The lowest BCUT2D eigenvalue weighted by Gasteiger charge is -2.23. The van der Waals surface area contributed by atoms with E-state index < -0.39 is 4.92 Å². The maximum Gasteiger partial charge on any atom is 0.269 e. The van der Waals surface area contributed by atoms with Crippen LogP contribution in [-0.2, 0) is 0 Å². The number of hydrazone groups is 1. The molecule has 0 saturated carbocycles. The van der Waals surface area contributed by atoms with Gasteiger partial charge in [0.1, 0.15) is 0 Å². The van der Waals surface area contributed by atoms with E-state index in [1.54, 1.807) is 12.1 Å². The second kappa shape index (κ2) is 5.36. The Labute approximate surface area is 122 Å². The molecule has 0 bridgehead atoms. The van der Waals surface area contributed by atoms with Crippen LogP contribution in [0.25, 0.3) is 0 Å². The molecule has 1 heterocycles. The minimum Gasteiger partial charge on any atom is -0.258 e. The van der Waals surface area contributed by atoms with Gasteiger partial charge in [0.25, 0.3) is 5.69 Å². The number of rotatable bonds is 3. The normalized spacial score (nSPS) is 17.7. The maximum absolute atomic E-state index is 10.7. The van der Waals surface area contributed by atoms with Gasteiger partial charge in [-0.2, -0.15) is 5.10 Å². The molecule has 0 spiro atoms. The van der Waals surface area contributed by atoms with Crippen LogP contribution in [0.1, 0.15) is 24.9 Å². The first-order chi connectivity index (χ1) is 10.1. The van der Waals surface area contributed by atoms with Crippen LogP contribution >= 0.6 is 0 Å². The Morgan fingerprint density at radius 1 is 1.14 bits per heavy atom. The number of non-ortho nitro benzene ring substituents is 1.